The van der Waals surface area contributed by atoms with Crippen molar-refractivity contribution in [1.29, 1.82) is 0 Å². The fraction of sp³-hybridized carbons (Fsp3) is 0.0500. The Morgan fingerprint density at radius 2 is 1.35 bits per heavy atom. The van der Waals surface area contributed by atoms with E-state index in [4.69, 9.17) is 4.98 Å². The molecular formula is C20H15N3. The van der Waals surface area contributed by atoms with E-state index in [9.17, 15) is 0 Å². The summed E-state index contributed by atoms with van der Waals surface area (Å²) in [4.78, 5) is 11.8. The largest absolute Gasteiger partial charge is 0.356 e. The number of hydrogen-bond acceptors (Lipinski definition) is 1. The Morgan fingerprint density at radius 3 is 2.04 bits per heavy atom. The highest BCUT2D eigenvalue weighted by atomic mass is 15.0. The summed E-state index contributed by atoms with van der Waals surface area (Å²) in [6, 6.07) is 21.1. The number of benzene rings is 3. The van der Waals surface area contributed by atoms with Crippen molar-refractivity contribution in [2.75, 3.05) is 0 Å². The maximum atomic E-state index is 4.89. The zero-order chi connectivity index (χ0) is 15.4. The second-order valence-electron chi connectivity index (χ2n) is 5.96. The van der Waals surface area contributed by atoms with Gasteiger partial charge < -0.3 is 9.97 Å². The lowest BCUT2D eigenvalue weighted by molar-refractivity contribution is 1.22. The van der Waals surface area contributed by atoms with E-state index in [2.05, 4.69) is 77.6 Å². The highest BCUT2D eigenvalue weighted by Crippen LogP contribution is 2.34. The summed E-state index contributed by atoms with van der Waals surface area (Å²) < 4.78 is 0. The van der Waals surface area contributed by atoms with Crippen LogP contribution in [0.1, 0.15) is 5.69 Å². The SMILES string of the molecule is Cc1ccc(-c2nc3c4ccccc4c4ccccc4c3[nH]2)[nH]1. The number of nitrogens with zero attached hydrogens (tertiary/aromatic N) is 1. The molecule has 0 aliphatic heterocycles. The van der Waals surface area contributed by atoms with E-state index in [1.165, 1.54) is 21.5 Å². The lowest BCUT2D eigenvalue weighted by Gasteiger charge is -2.05. The van der Waals surface area contributed by atoms with Crippen LogP contribution in [0, 0.1) is 6.92 Å². The van der Waals surface area contributed by atoms with Crippen LogP contribution in [0.5, 0.6) is 0 Å². The summed E-state index contributed by atoms with van der Waals surface area (Å²) in [5.41, 5.74) is 4.28. The van der Waals surface area contributed by atoms with Gasteiger partial charge in [-0.05, 0) is 29.8 Å². The highest BCUT2D eigenvalue weighted by Gasteiger charge is 2.13. The number of aromatic nitrogens is 3. The predicted molar refractivity (Wildman–Crippen MR) is 95.6 cm³/mol. The first-order chi connectivity index (χ1) is 11.3. The molecule has 0 atom stereocenters. The van der Waals surface area contributed by atoms with Crippen molar-refractivity contribution in [3.8, 4) is 11.5 Å². The van der Waals surface area contributed by atoms with Crippen LogP contribution >= 0.6 is 0 Å². The number of nitrogens with one attached hydrogen (secondary N) is 2. The molecule has 3 heteroatoms. The average Bonchev–Trinajstić information content (AvgIpc) is 3.21. The van der Waals surface area contributed by atoms with Gasteiger partial charge in [0.05, 0.1) is 16.7 Å². The quantitative estimate of drug-likeness (QED) is 0.412. The number of aryl methyl sites for hydroxylation is 1. The maximum absolute atomic E-state index is 4.89. The van der Waals surface area contributed by atoms with Crippen molar-refractivity contribution in [2.24, 2.45) is 0 Å². The lowest BCUT2D eigenvalue weighted by atomic mass is 10.0. The van der Waals surface area contributed by atoms with Gasteiger partial charge in [-0.2, -0.15) is 0 Å². The third-order valence-electron chi connectivity index (χ3n) is 4.46. The molecule has 23 heavy (non-hydrogen) atoms. The third-order valence-corrected chi connectivity index (χ3v) is 4.46. The summed E-state index contributed by atoms with van der Waals surface area (Å²) in [7, 11) is 0. The van der Waals surface area contributed by atoms with E-state index in [1.54, 1.807) is 0 Å². The molecule has 5 aromatic rings. The highest BCUT2D eigenvalue weighted by molar-refractivity contribution is 6.23. The van der Waals surface area contributed by atoms with Crippen molar-refractivity contribution in [3.63, 3.8) is 0 Å². The Hall–Kier alpha value is -3.07. The second kappa shape index (κ2) is 4.46. The minimum atomic E-state index is 0.884. The Labute approximate surface area is 133 Å². The van der Waals surface area contributed by atoms with Crippen LogP contribution in [-0.2, 0) is 0 Å². The van der Waals surface area contributed by atoms with Crippen LogP contribution in [0.25, 0.3) is 44.1 Å². The van der Waals surface area contributed by atoms with Gasteiger partial charge in [0, 0.05) is 16.5 Å². The van der Waals surface area contributed by atoms with Crippen molar-refractivity contribution in [2.45, 2.75) is 6.92 Å². The molecule has 0 fully saturated rings. The van der Waals surface area contributed by atoms with Gasteiger partial charge in [-0.15, -0.1) is 0 Å². The van der Waals surface area contributed by atoms with Gasteiger partial charge in [0.1, 0.15) is 0 Å². The van der Waals surface area contributed by atoms with Crippen LogP contribution in [0.4, 0.5) is 0 Å². The minimum absolute atomic E-state index is 0.884. The molecule has 0 amide bonds. The minimum Gasteiger partial charge on any atom is -0.356 e. The first kappa shape index (κ1) is 12.5. The Balaban J connectivity index is 1.98. The van der Waals surface area contributed by atoms with E-state index < -0.39 is 0 Å². The topological polar surface area (TPSA) is 44.5 Å². The molecule has 3 nitrogen and oxygen atoms in total. The van der Waals surface area contributed by atoms with Crippen LogP contribution in [0.2, 0.25) is 0 Å². The molecule has 0 spiro atoms. The molecule has 3 aromatic carbocycles. The van der Waals surface area contributed by atoms with Gasteiger partial charge in [0.2, 0.25) is 0 Å². The molecule has 0 radical (unpaired) electrons. The fourth-order valence-corrected chi connectivity index (χ4v) is 3.39. The molecule has 0 unspecified atom stereocenters. The molecule has 5 rings (SSSR count). The van der Waals surface area contributed by atoms with Crippen LogP contribution in [-0.4, -0.2) is 15.0 Å². The molecule has 0 aliphatic carbocycles. The molecule has 110 valence electrons. The Bertz CT molecular complexity index is 1100. The number of imidazole rings is 1. The van der Waals surface area contributed by atoms with Gasteiger partial charge in [0.15, 0.2) is 5.82 Å². The third kappa shape index (κ3) is 1.73. The number of rotatable bonds is 1. The number of H-pyrrole nitrogens is 2. The Kier molecular flexibility index (Phi) is 2.42. The van der Waals surface area contributed by atoms with E-state index in [0.717, 1.165) is 28.2 Å². The average molecular weight is 297 g/mol. The summed E-state index contributed by atoms with van der Waals surface area (Å²) >= 11 is 0. The smallest absolute Gasteiger partial charge is 0.155 e. The first-order valence-corrected chi connectivity index (χ1v) is 7.76. The summed E-state index contributed by atoms with van der Waals surface area (Å²) in [5.74, 6) is 0.884. The van der Waals surface area contributed by atoms with Gasteiger partial charge in [-0.25, -0.2) is 4.98 Å². The van der Waals surface area contributed by atoms with Crippen molar-refractivity contribution in [1.82, 2.24) is 15.0 Å². The molecule has 2 aromatic heterocycles. The zero-order valence-electron chi connectivity index (χ0n) is 12.7. The zero-order valence-corrected chi connectivity index (χ0v) is 12.7. The van der Waals surface area contributed by atoms with Crippen LogP contribution in [0.3, 0.4) is 0 Å². The van der Waals surface area contributed by atoms with Crippen molar-refractivity contribution >= 4 is 32.6 Å². The van der Waals surface area contributed by atoms with E-state index >= 15 is 0 Å². The number of fused-ring (bicyclic) bond motifs is 6. The van der Waals surface area contributed by atoms with Crippen LogP contribution in [0.15, 0.2) is 60.7 Å². The van der Waals surface area contributed by atoms with E-state index in [1.807, 2.05) is 0 Å². The molecule has 0 saturated carbocycles. The van der Waals surface area contributed by atoms with E-state index in [-0.39, 0.29) is 0 Å². The van der Waals surface area contributed by atoms with E-state index in [0.29, 0.717) is 0 Å². The number of aromatic amines is 2. The molecule has 0 bridgehead atoms. The normalized spacial score (nSPS) is 11.7. The standard InChI is InChI=1S/C20H15N3/c1-12-10-11-17(21-12)20-22-18-15-8-4-2-6-13(15)14-7-3-5-9-16(14)19(18)23-20/h2-11,21H,1H3,(H,22,23). The van der Waals surface area contributed by atoms with Gasteiger partial charge >= 0.3 is 0 Å². The summed E-state index contributed by atoms with van der Waals surface area (Å²) in [6.45, 7) is 2.05. The first-order valence-electron chi connectivity index (χ1n) is 7.76. The van der Waals surface area contributed by atoms with Crippen LogP contribution < -0.4 is 0 Å². The molecule has 2 heterocycles. The molecular weight excluding hydrogens is 282 g/mol. The Morgan fingerprint density at radius 1 is 0.696 bits per heavy atom. The number of hydrogen-bond donors (Lipinski definition) is 2. The molecule has 0 saturated heterocycles. The lowest BCUT2D eigenvalue weighted by Crippen LogP contribution is -1.81. The summed E-state index contributed by atoms with van der Waals surface area (Å²) in [6.07, 6.45) is 0. The molecule has 2 N–H and O–H groups in total. The van der Waals surface area contributed by atoms with Gasteiger partial charge in [-0.1, -0.05) is 48.5 Å². The monoisotopic (exact) mass is 297 g/mol. The van der Waals surface area contributed by atoms with Crippen molar-refractivity contribution in [3.05, 3.63) is 66.4 Å². The predicted octanol–water partition coefficient (Wildman–Crippen LogP) is 5.17. The molecule has 0 aliphatic rings. The summed E-state index contributed by atoms with van der Waals surface area (Å²) in [5, 5.41) is 4.90. The second-order valence-corrected chi connectivity index (χ2v) is 5.96. The van der Waals surface area contributed by atoms with Gasteiger partial charge in [-0.3, -0.25) is 0 Å². The fourth-order valence-electron chi connectivity index (χ4n) is 3.39. The van der Waals surface area contributed by atoms with Gasteiger partial charge in [0.25, 0.3) is 0 Å². The van der Waals surface area contributed by atoms with Crippen molar-refractivity contribution < 1.29 is 0 Å². The maximum Gasteiger partial charge on any atom is 0.155 e.